The lowest BCUT2D eigenvalue weighted by Gasteiger charge is -2.39. The van der Waals surface area contributed by atoms with Crippen LogP contribution in [0.3, 0.4) is 0 Å². The summed E-state index contributed by atoms with van der Waals surface area (Å²) in [4.78, 5) is 2.44. The molecule has 0 radical (unpaired) electrons. The minimum atomic E-state index is -0.280. The predicted molar refractivity (Wildman–Crippen MR) is 119 cm³/mol. The van der Waals surface area contributed by atoms with E-state index < -0.39 is 0 Å². The van der Waals surface area contributed by atoms with E-state index in [0.29, 0.717) is 18.1 Å². The van der Waals surface area contributed by atoms with Gasteiger partial charge in [-0.2, -0.15) is 0 Å². The topological polar surface area (TPSA) is 41.9 Å². The van der Waals surface area contributed by atoms with E-state index in [-0.39, 0.29) is 23.6 Å². The zero-order valence-electron chi connectivity index (χ0n) is 17.5. The number of phenols is 1. The van der Waals surface area contributed by atoms with Gasteiger partial charge in [-0.15, -0.1) is 0 Å². The normalized spacial score (nSPS) is 19.1. The number of halogens is 1. The highest BCUT2D eigenvalue weighted by molar-refractivity contribution is 5.31. The molecule has 0 bridgehead atoms. The Morgan fingerprint density at radius 1 is 0.935 bits per heavy atom. The molecule has 1 heterocycles. The molecule has 1 saturated heterocycles. The molecule has 0 unspecified atom stereocenters. The second-order valence-corrected chi connectivity index (χ2v) is 7.92. The van der Waals surface area contributed by atoms with Crippen molar-refractivity contribution in [3.63, 3.8) is 0 Å². The first kappa shape index (κ1) is 21.2. The summed E-state index contributed by atoms with van der Waals surface area (Å²) in [6.07, 6.45) is 1.78. The summed E-state index contributed by atoms with van der Waals surface area (Å²) in [6.45, 7) is 3.33. The Hall–Kier alpha value is -3.05. The van der Waals surface area contributed by atoms with E-state index in [9.17, 15) is 9.50 Å². The number of likely N-dealkylation sites (tertiary alicyclic amines) is 1. The van der Waals surface area contributed by atoms with E-state index in [4.69, 9.17) is 9.47 Å². The van der Waals surface area contributed by atoms with Crippen LogP contribution in [-0.2, 0) is 0 Å². The Bertz CT molecular complexity index is 964. The first-order valence-electron chi connectivity index (χ1n) is 10.8. The van der Waals surface area contributed by atoms with E-state index in [2.05, 4.69) is 29.2 Å². The van der Waals surface area contributed by atoms with Crippen molar-refractivity contribution in [1.29, 1.82) is 0 Å². The molecule has 5 heteroatoms. The van der Waals surface area contributed by atoms with Crippen molar-refractivity contribution < 1.29 is 19.0 Å². The molecule has 3 aromatic carbocycles. The third kappa shape index (κ3) is 5.98. The van der Waals surface area contributed by atoms with Gasteiger partial charge in [0.05, 0.1) is 6.61 Å². The highest BCUT2D eigenvalue weighted by Crippen LogP contribution is 2.31. The number of phenolic OH excluding ortho intramolecular Hbond substituents is 1. The van der Waals surface area contributed by atoms with Crippen LogP contribution in [0.5, 0.6) is 17.2 Å². The van der Waals surface area contributed by atoms with Gasteiger partial charge in [0.25, 0.3) is 0 Å². The molecule has 4 nitrogen and oxygen atoms in total. The van der Waals surface area contributed by atoms with Crippen LogP contribution in [0.4, 0.5) is 4.39 Å². The number of hydrogen-bond donors (Lipinski definition) is 1. The van der Waals surface area contributed by atoms with Crippen molar-refractivity contribution in [1.82, 2.24) is 4.90 Å². The van der Waals surface area contributed by atoms with Crippen LogP contribution in [0.25, 0.3) is 0 Å². The van der Waals surface area contributed by atoms with Gasteiger partial charge < -0.3 is 19.5 Å². The molecule has 31 heavy (non-hydrogen) atoms. The Morgan fingerprint density at radius 2 is 1.74 bits per heavy atom. The lowest BCUT2D eigenvalue weighted by molar-refractivity contribution is 0.0748. The van der Waals surface area contributed by atoms with Crippen LogP contribution >= 0.6 is 0 Å². The minimum absolute atomic E-state index is 0.00370. The van der Waals surface area contributed by atoms with Crippen LogP contribution in [0.1, 0.15) is 24.3 Å². The summed E-state index contributed by atoms with van der Waals surface area (Å²) in [5, 5.41) is 9.54. The highest BCUT2D eigenvalue weighted by Gasteiger charge is 2.31. The van der Waals surface area contributed by atoms with Crippen molar-refractivity contribution >= 4 is 0 Å². The van der Waals surface area contributed by atoms with Crippen LogP contribution in [-0.4, -0.2) is 42.4 Å². The zero-order valence-corrected chi connectivity index (χ0v) is 17.5. The van der Waals surface area contributed by atoms with E-state index >= 15 is 0 Å². The summed E-state index contributed by atoms with van der Waals surface area (Å²) in [6, 6.07) is 23.7. The fourth-order valence-electron chi connectivity index (χ4n) is 4.13. The Morgan fingerprint density at radius 3 is 2.55 bits per heavy atom. The van der Waals surface area contributed by atoms with E-state index in [0.717, 1.165) is 32.5 Å². The molecular weight excluding hydrogens is 393 g/mol. The second-order valence-electron chi connectivity index (χ2n) is 7.92. The van der Waals surface area contributed by atoms with Gasteiger partial charge in [-0.3, -0.25) is 0 Å². The van der Waals surface area contributed by atoms with Crippen LogP contribution in [0.2, 0.25) is 0 Å². The quantitative estimate of drug-likeness (QED) is 0.505. The third-order valence-electron chi connectivity index (χ3n) is 5.65. The van der Waals surface area contributed by atoms with Crippen LogP contribution in [0.15, 0.2) is 78.9 Å². The maximum atomic E-state index is 13.6. The number of aromatic hydroxyl groups is 1. The molecule has 0 saturated carbocycles. The van der Waals surface area contributed by atoms with E-state index in [1.807, 2.05) is 18.2 Å². The maximum absolute atomic E-state index is 13.6. The van der Waals surface area contributed by atoms with Gasteiger partial charge >= 0.3 is 0 Å². The molecule has 0 aliphatic carbocycles. The number of ether oxygens (including phenoxy) is 2. The van der Waals surface area contributed by atoms with Gasteiger partial charge in [0, 0.05) is 37.7 Å². The summed E-state index contributed by atoms with van der Waals surface area (Å²) in [5.41, 5.74) is 1.24. The van der Waals surface area contributed by atoms with Crippen molar-refractivity contribution in [2.24, 2.45) is 0 Å². The Labute approximate surface area is 182 Å². The van der Waals surface area contributed by atoms with E-state index in [1.54, 1.807) is 24.3 Å². The molecule has 2 atom stereocenters. The molecule has 162 valence electrons. The lowest BCUT2D eigenvalue weighted by atomic mass is 9.87. The fraction of sp³-hybridized carbons (Fsp3) is 0.308. The molecule has 3 aromatic rings. The lowest BCUT2D eigenvalue weighted by Crippen LogP contribution is -2.44. The number of piperidine rings is 1. The molecule has 0 aromatic heterocycles. The van der Waals surface area contributed by atoms with Crippen molar-refractivity contribution in [2.45, 2.75) is 24.9 Å². The maximum Gasteiger partial charge on any atom is 0.126 e. The molecule has 0 spiro atoms. The van der Waals surface area contributed by atoms with Crippen molar-refractivity contribution in [3.05, 3.63) is 90.2 Å². The third-order valence-corrected chi connectivity index (χ3v) is 5.65. The molecule has 1 aliphatic rings. The standard InChI is InChI=1S/C26H28FNO3/c27-21-9-4-12-24(17-21)31-26-13-15-28(19-25(26)20-7-2-1-3-8-20)14-6-16-30-23-11-5-10-22(29)18-23/h1-5,7-12,17-18,25-26,29H,6,13-16,19H2/t25-,26+/m1/s1. The zero-order chi connectivity index (χ0) is 21.5. The molecule has 1 N–H and O–H groups in total. The second kappa shape index (κ2) is 10.3. The highest BCUT2D eigenvalue weighted by atomic mass is 19.1. The average molecular weight is 422 g/mol. The van der Waals surface area contributed by atoms with E-state index in [1.165, 1.54) is 17.7 Å². The molecule has 4 rings (SSSR count). The molecular formula is C26H28FNO3. The van der Waals surface area contributed by atoms with Crippen LogP contribution in [0, 0.1) is 5.82 Å². The molecule has 0 amide bonds. The number of hydrogen-bond acceptors (Lipinski definition) is 4. The Balaban J connectivity index is 1.35. The summed E-state index contributed by atoms with van der Waals surface area (Å²) >= 11 is 0. The Kier molecular flexibility index (Phi) is 7.05. The van der Waals surface area contributed by atoms with Gasteiger partial charge in [-0.05, 0) is 42.7 Å². The SMILES string of the molecule is Oc1cccc(OCCCN2CC[C@H](Oc3cccc(F)c3)[C@@H](c3ccccc3)C2)c1. The summed E-state index contributed by atoms with van der Waals surface area (Å²) < 4.78 is 25.6. The van der Waals surface area contributed by atoms with Crippen molar-refractivity contribution in [2.75, 3.05) is 26.2 Å². The minimum Gasteiger partial charge on any atom is -0.508 e. The first-order valence-corrected chi connectivity index (χ1v) is 10.8. The average Bonchev–Trinajstić information content (AvgIpc) is 2.78. The molecule has 1 fully saturated rings. The summed E-state index contributed by atoms with van der Waals surface area (Å²) in [5.74, 6) is 1.41. The fourth-order valence-corrected chi connectivity index (χ4v) is 4.13. The smallest absolute Gasteiger partial charge is 0.126 e. The monoisotopic (exact) mass is 421 g/mol. The van der Waals surface area contributed by atoms with Gasteiger partial charge in [0.15, 0.2) is 0 Å². The predicted octanol–water partition coefficient (Wildman–Crippen LogP) is 5.24. The molecule has 1 aliphatic heterocycles. The number of rotatable bonds is 8. The van der Waals surface area contributed by atoms with Gasteiger partial charge in [-0.25, -0.2) is 4.39 Å². The largest absolute Gasteiger partial charge is 0.508 e. The van der Waals surface area contributed by atoms with Crippen molar-refractivity contribution in [3.8, 4) is 17.2 Å². The first-order chi connectivity index (χ1) is 15.2. The number of nitrogens with zero attached hydrogens (tertiary/aromatic N) is 1. The summed E-state index contributed by atoms with van der Waals surface area (Å²) in [7, 11) is 0. The van der Waals surface area contributed by atoms with Gasteiger partial charge in [0.2, 0.25) is 0 Å². The number of benzene rings is 3. The van der Waals surface area contributed by atoms with Crippen LogP contribution < -0.4 is 9.47 Å². The van der Waals surface area contributed by atoms with Gasteiger partial charge in [0.1, 0.15) is 29.2 Å². The van der Waals surface area contributed by atoms with Gasteiger partial charge in [-0.1, -0.05) is 42.5 Å².